The Kier molecular flexibility index (Phi) is 4.50. The van der Waals surface area contributed by atoms with Crippen molar-refractivity contribution in [2.75, 3.05) is 19.6 Å². The van der Waals surface area contributed by atoms with Crippen molar-refractivity contribution in [1.29, 1.82) is 0 Å². The van der Waals surface area contributed by atoms with E-state index in [0.717, 1.165) is 45.4 Å². The van der Waals surface area contributed by atoms with E-state index in [1.165, 1.54) is 5.56 Å². The second kappa shape index (κ2) is 6.35. The van der Waals surface area contributed by atoms with E-state index in [9.17, 15) is 4.79 Å². The molecule has 0 spiro atoms. The van der Waals surface area contributed by atoms with Crippen molar-refractivity contribution in [3.63, 3.8) is 0 Å². The number of carbonyl (C=O) groups is 1. The Morgan fingerprint density at radius 2 is 2.41 bits per heavy atom. The topological polar surface area (TPSA) is 45.2 Å². The second-order valence-corrected chi connectivity index (χ2v) is 4.38. The average Bonchev–Trinajstić information content (AvgIpc) is 2.76. The van der Waals surface area contributed by atoms with Gasteiger partial charge in [0.25, 0.3) is 0 Å². The molecule has 1 fully saturated rings. The quantitative estimate of drug-likeness (QED) is 0.751. The Morgan fingerprint density at radius 1 is 1.47 bits per heavy atom. The zero-order valence-electron chi connectivity index (χ0n) is 10.1. The molecule has 0 atom stereocenters. The molecule has 1 amide bonds. The molecule has 1 aliphatic rings. The lowest BCUT2D eigenvalue weighted by Gasteiger charge is -2.15. The normalized spacial score (nSPS) is 15.5. The minimum Gasteiger partial charge on any atom is -0.343 e. The summed E-state index contributed by atoms with van der Waals surface area (Å²) in [6.45, 7) is 3.63. The van der Waals surface area contributed by atoms with Crippen molar-refractivity contribution in [1.82, 2.24) is 15.2 Å². The number of nitrogens with zero attached hydrogens (tertiary/aromatic N) is 2. The summed E-state index contributed by atoms with van der Waals surface area (Å²) in [6, 6.07) is 4.00. The molecule has 2 rings (SSSR count). The van der Waals surface area contributed by atoms with Crippen LogP contribution in [0.4, 0.5) is 0 Å². The number of hydrogen-bond acceptors (Lipinski definition) is 3. The van der Waals surface area contributed by atoms with Crippen molar-refractivity contribution < 1.29 is 4.79 Å². The van der Waals surface area contributed by atoms with Gasteiger partial charge >= 0.3 is 0 Å². The Balaban J connectivity index is 1.56. The summed E-state index contributed by atoms with van der Waals surface area (Å²) in [6.07, 6.45) is 6.44. The van der Waals surface area contributed by atoms with Crippen LogP contribution in [-0.4, -0.2) is 35.4 Å². The summed E-state index contributed by atoms with van der Waals surface area (Å²) >= 11 is 0. The van der Waals surface area contributed by atoms with Crippen LogP contribution in [-0.2, 0) is 11.3 Å². The molecule has 1 N–H and O–H groups in total. The van der Waals surface area contributed by atoms with Crippen LogP contribution in [0.25, 0.3) is 0 Å². The molecular weight excluding hydrogens is 214 g/mol. The summed E-state index contributed by atoms with van der Waals surface area (Å²) < 4.78 is 0. The van der Waals surface area contributed by atoms with Gasteiger partial charge in [0.2, 0.25) is 5.91 Å². The molecule has 0 aromatic carbocycles. The maximum atomic E-state index is 11.4. The minimum atomic E-state index is 0.317. The predicted molar refractivity (Wildman–Crippen MR) is 66.4 cm³/mol. The van der Waals surface area contributed by atoms with Crippen molar-refractivity contribution in [2.24, 2.45) is 0 Å². The molecule has 4 heteroatoms. The van der Waals surface area contributed by atoms with Crippen LogP contribution in [0.1, 0.15) is 24.8 Å². The number of rotatable bonds is 6. The molecule has 1 aliphatic heterocycles. The Labute approximate surface area is 102 Å². The van der Waals surface area contributed by atoms with Gasteiger partial charge in [-0.1, -0.05) is 6.07 Å². The maximum Gasteiger partial charge on any atom is 0.222 e. The first-order chi connectivity index (χ1) is 8.36. The number of carbonyl (C=O) groups excluding carboxylic acids is 1. The number of amides is 1. The number of likely N-dealkylation sites (tertiary alicyclic amines) is 1. The van der Waals surface area contributed by atoms with Crippen molar-refractivity contribution in [3.05, 3.63) is 30.1 Å². The smallest absolute Gasteiger partial charge is 0.222 e. The van der Waals surface area contributed by atoms with Crippen LogP contribution in [0.2, 0.25) is 0 Å². The highest BCUT2D eigenvalue weighted by atomic mass is 16.2. The van der Waals surface area contributed by atoms with Gasteiger partial charge in [-0.2, -0.15) is 0 Å². The molecule has 92 valence electrons. The predicted octanol–water partition coefficient (Wildman–Crippen LogP) is 1.18. The molecule has 0 aliphatic carbocycles. The van der Waals surface area contributed by atoms with Crippen LogP contribution < -0.4 is 5.32 Å². The van der Waals surface area contributed by atoms with Crippen molar-refractivity contribution in [2.45, 2.75) is 25.8 Å². The monoisotopic (exact) mass is 233 g/mol. The molecule has 0 radical (unpaired) electrons. The average molecular weight is 233 g/mol. The molecule has 1 aromatic rings. The Hall–Kier alpha value is -1.42. The number of aromatic nitrogens is 1. The minimum absolute atomic E-state index is 0.317. The first-order valence-electron chi connectivity index (χ1n) is 6.23. The van der Waals surface area contributed by atoms with Gasteiger partial charge in [-0.05, 0) is 31.0 Å². The van der Waals surface area contributed by atoms with Crippen LogP contribution in [0.5, 0.6) is 0 Å². The SMILES string of the molecule is O=C1CCCN1CCCNCc1cccnc1. The van der Waals surface area contributed by atoms with Crippen LogP contribution in [0.3, 0.4) is 0 Å². The fourth-order valence-corrected chi connectivity index (χ4v) is 2.07. The third kappa shape index (κ3) is 3.82. The highest BCUT2D eigenvalue weighted by Gasteiger charge is 2.18. The largest absolute Gasteiger partial charge is 0.343 e. The third-order valence-corrected chi connectivity index (χ3v) is 3.00. The third-order valence-electron chi connectivity index (χ3n) is 3.00. The van der Waals surface area contributed by atoms with E-state index in [1.54, 1.807) is 6.20 Å². The van der Waals surface area contributed by atoms with E-state index < -0.39 is 0 Å². The standard InChI is InChI=1S/C13H19N3O/c17-13-5-2-8-16(13)9-3-7-15-11-12-4-1-6-14-10-12/h1,4,6,10,15H,2-3,5,7-9,11H2. The number of pyridine rings is 1. The highest BCUT2D eigenvalue weighted by molar-refractivity contribution is 5.77. The first-order valence-corrected chi connectivity index (χ1v) is 6.23. The van der Waals surface area contributed by atoms with Crippen molar-refractivity contribution in [3.8, 4) is 0 Å². The zero-order chi connectivity index (χ0) is 11.9. The molecular formula is C13H19N3O. The van der Waals surface area contributed by atoms with E-state index in [0.29, 0.717) is 5.91 Å². The molecule has 0 unspecified atom stereocenters. The van der Waals surface area contributed by atoms with Crippen molar-refractivity contribution >= 4 is 5.91 Å². The molecule has 1 saturated heterocycles. The summed E-state index contributed by atoms with van der Waals surface area (Å²) in [4.78, 5) is 17.4. The summed E-state index contributed by atoms with van der Waals surface area (Å²) in [7, 11) is 0. The summed E-state index contributed by atoms with van der Waals surface area (Å²) in [5.41, 5.74) is 1.20. The van der Waals surface area contributed by atoms with Gasteiger partial charge in [-0.3, -0.25) is 9.78 Å². The van der Waals surface area contributed by atoms with Gasteiger partial charge in [0, 0.05) is 38.4 Å². The summed E-state index contributed by atoms with van der Waals surface area (Å²) in [5.74, 6) is 0.317. The molecule has 17 heavy (non-hydrogen) atoms. The Bertz CT molecular complexity index is 353. The van der Waals surface area contributed by atoms with E-state index in [-0.39, 0.29) is 0 Å². The van der Waals surface area contributed by atoms with E-state index in [2.05, 4.69) is 16.4 Å². The zero-order valence-corrected chi connectivity index (χ0v) is 10.1. The lowest BCUT2D eigenvalue weighted by molar-refractivity contribution is -0.127. The lowest BCUT2D eigenvalue weighted by atomic mass is 10.3. The molecule has 0 bridgehead atoms. The highest BCUT2D eigenvalue weighted by Crippen LogP contribution is 2.09. The fraction of sp³-hybridized carbons (Fsp3) is 0.538. The molecule has 4 nitrogen and oxygen atoms in total. The van der Waals surface area contributed by atoms with Gasteiger partial charge < -0.3 is 10.2 Å². The first kappa shape index (κ1) is 12.0. The second-order valence-electron chi connectivity index (χ2n) is 4.38. The summed E-state index contributed by atoms with van der Waals surface area (Å²) in [5, 5.41) is 3.36. The molecule has 1 aromatic heterocycles. The molecule has 2 heterocycles. The maximum absolute atomic E-state index is 11.4. The fourth-order valence-electron chi connectivity index (χ4n) is 2.07. The van der Waals surface area contributed by atoms with Crippen LogP contribution >= 0.6 is 0 Å². The van der Waals surface area contributed by atoms with Gasteiger partial charge in [-0.15, -0.1) is 0 Å². The number of hydrogen-bond donors (Lipinski definition) is 1. The van der Waals surface area contributed by atoms with E-state index in [4.69, 9.17) is 0 Å². The lowest BCUT2D eigenvalue weighted by Crippen LogP contribution is -2.28. The van der Waals surface area contributed by atoms with Gasteiger partial charge in [0.1, 0.15) is 0 Å². The molecule has 0 saturated carbocycles. The number of nitrogens with one attached hydrogen (secondary N) is 1. The van der Waals surface area contributed by atoms with Gasteiger partial charge in [0.15, 0.2) is 0 Å². The van der Waals surface area contributed by atoms with E-state index in [1.807, 2.05) is 17.2 Å². The van der Waals surface area contributed by atoms with Crippen LogP contribution in [0, 0.1) is 0 Å². The van der Waals surface area contributed by atoms with Crippen LogP contribution in [0.15, 0.2) is 24.5 Å². The van der Waals surface area contributed by atoms with Gasteiger partial charge in [0.05, 0.1) is 0 Å². The Morgan fingerprint density at radius 3 is 3.12 bits per heavy atom. The van der Waals surface area contributed by atoms with E-state index >= 15 is 0 Å². The van der Waals surface area contributed by atoms with Gasteiger partial charge in [-0.25, -0.2) is 0 Å².